The monoisotopic (exact) mass is 627 g/mol. The van der Waals surface area contributed by atoms with Gasteiger partial charge in [-0.3, -0.25) is 13.9 Å². The van der Waals surface area contributed by atoms with Crippen molar-refractivity contribution in [3.63, 3.8) is 0 Å². The number of amides is 2. The van der Waals surface area contributed by atoms with Gasteiger partial charge in [-0.05, 0) is 102 Å². The van der Waals surface area contributed by atoms with Crippen LogP contribution in [0.4, 0.5) is 5.69 Å². The lowest BCUT2D eigenvalue weighted by molar-refractivity contribution is -0.140. The number of halogens is 1. The van der Waals surface area contributed by atoms with E-state index in [9.17, 15) is 18.0 Å². The van der Waals surface area contributed by atoms with E-state index in [1.165, 1.54) is 4.90 Å². The van der Waals surface area contributed by atoms with Crippen LogP contribution in [0.15, 0.2) is 76.1 Å². The van der Waals surface area contributed by atoms with E-state index < -0.39 is 34.1 Å². The number of sulfonamides is 1. The number of benzene rings is 3. The summed E-state index contributed by atoms with van der Waals surface area (Å²) in [4.78, 5) is 28.8. The highest BCUT2D eigenvalue weighted by Crippen LogP contribution is 2.27. The van der Waals surface area contributed by atoms with Crippen molar-refractivity contribution in [2.24, 2.45) is 0 Å². The second kappa shape index (κ2) is 12.6. The van der Waals surface area contributed by atoms with Crippen LogP contribution in [0, 0.1) is 20.8 Å². The molecule has 7 nitrogen and oxygen atoms in total. The molecule has 0 aromatic heterocycles. The van der Waals surface area contributed by atoms with Gasteiger partial charge in [0.15, 0.2) is 0 Å². The Labute approximate surface area is 246 Å². The zero-order valence-corrected chi connectivity index (χ0v) is 26.6. The highest BCUT2D eigenvalue weighted by molar-refractivity contribution is 9.10. The maximum absolute atomic E-state index is 14.0. The molecule has 0 heterocycles. The van der Waals surface area contributed by atoms with Gasteiger partial charge in [0.2, 0.25) is 11.8 Å². The summed E-state index contributed by atoms with van der Waals surface area (Å²) in [5.41, 5.74) is 3.51. The predicted molar refractivity (Wildman–Crippen MR) is 164 cm³/mol. The van der Waals surface area contributed by atoms with Crippen molar-refractivity contribution in [3.8, 4) is 0 Å². The molecule has 214 valence electrons. The molecule has 40 heavy (non-hydrogen) atoms. The summed E-state index contributed by atoms with van der Waals surface area (Å²) < 4.78 is 29.9. The first kappa shape index (κ1) is 31.4. The third-order valence-corrected chi connectivity index (χ3v) is 8.86. The summed E-state index contributed by atoms with van der Waals surface area (Å²) in [7, 11) is -4.11. The van der Waals surface area contributed by atoms with E-state index in [0.717, 1.165) is 31.0 Å². The highest BCUT2D eigenvalue weighted by atomic mass is 79.9. The number of hydrogen-bond acceptors (Lipinski definition) is 4. The van der Waals surface area contributed by atoms with Crippen LogP contribution in [-0.4, -0.2) is 43.3 Å². The summed E-state index contributed by atoms with van der Waals surface area (Å²) in [6.45, 7) is 12.6. The average molecular weight is 629 g/mol. The summed E-state index contributed by atoms with van der Waals surface area (Å²) >= 11 is 3.47. The van der Waals surface area contributed by atoms with E-state index in [2.05, 4.69) is 21.2 Å². The van der Waals surface area contributed by atoms with Gasteiger partial charge < -0.3 is 10.2 Å². The van der Waals surface area contributed by atoms with Crippen molar-refractivity contribution in [3.05, 3.63) is 93.5 Å². The summed E-state index contributed by atoms with van der Waals surface area (Å²) in [6.07, 6.45) is 0. The minimum atomic E-state index is -4.11. The molecule has 0 saturated carbocycles. The van der Waals surface area contributed by atoms with Gasteiger partial charge in [0.05, 0.1) is 10.6 Å². The Kier molecular flexibility index (Phi) is 9.85. The first-order chi connectivity index (χ1) is 18.6. The van der Waals surface area contributed by atoms with Gasteiger partial charge in [-0.1, -0.05) is 51.8 Å². The van der Waals surface area contributed by atoms with Gasteiger partial charge in [-0.15, -0.1) is 0 Å². The lowest BCUT2D eigenvalue weighted by atomic mass is 10.1. The Balaban J connectivity index is 2.07. The summed E-state index contributed by atoms with van der Waals surface area (Å²) in [5.74, 6) is -0.819. The smallest absolute Gasteiger partial charge is 0.264 e. The molecule has 3 aromatic carbocycles. The quantitative estimate of drug-likeness (QED) is 0.320. The van der Waals surface area contributed by atoms with Gasteiger partial charge in [0.25, 0.3) is 10.0 Å². The van der Waals surface area contributed by atoms with Gasteiger partial charge >= 0.3 is 0 Å². The number of carbonyl (C=O) groups is 2. The predicted octanol–water partition coefficient (Wildman–Crippen LogP) is 5.90. The fraction of sp³-hybridized carbons (Fsp3) is 0.355. The van der Waals surface area contributed by atoms with Crippen LogP contribution in [0.3, 0.4) is 0 Å². The zero-order chi connectivity index (χ0) is 29.8. The van der Waals surface area contributed by atoms with Gasteiger partial charge in [-0.25, -0.2) is 8.42 Å². The Bertz CT molecular complexity index is 1480. The number of anilines is 1. The second-order valence-corrected chi connectivity index (χ2v) is 13.9. The Morgan fingerprint density at radius 1 is 0.925 bits per heavy atom. The number of nitrogens with zero attached hydrogens (tertiary/aromatic N) is 2. The largest absolute Gasteiger partial charge is 0.350 e. The number of aryl methyl sites for hydroxylation is 3. The fourth-order valence-electron chi connectivity index (χ4n) is 4.14. The topological polar surface area (TPSA) is 86.8 Å². The maximum Gasteiger partial charge on any atom is 0.264 e. The number of hydrogen-bond donors (Lipinski definition) is 1. The molecule has 0 unspecified atom stereocenters. The minimum Gasteiger partial charge on any atom is -0.350 e. The van der Waals surface area contributed by atoms with Crippen molar-refractivity contribution >= 4 is 43.5 Å². The first-order valence-electron chi connectivity index (χ1n) is 13.1. The minimum absolute atomic E-state index is 0.0844. The number of nitrogens with one attached hydrogen (secondary N) is 1. The molecule has 9 heteroatoms. The SMILES string of the molecule is Cc1ccc(S(=O)(=O)N(CC(=O)N(Cc2cccc(Br)c2)[C@@H](C)C(=O)NC(C)(C)C)c2ccc(C)c(C)c2)cc1. The standard InChI is InChI=1S/C31H38BrN3O4S/c1-21-11-15-28(16-12-21)40(38,39)35(27-14-13-22(2)23(3)17-27)20-29(36)34(19-25-9-8-10-26(32)18-25)24(4)30(37)33-31(5,6)7/h8-18,24H,19-20H2,1-7H3,(H,33,37)/t24-/m0/s1. The second-order valence-electron chi connectivity index (χ2n) is 11.2. The molecule has 0 aliphatic heterocycles. The van der Waals surface area contributed by atoms with Crippen molar-refractivity contribution < 1.29 is 18.0 Å². The average Bonchev–Trinajstić information content (AvgIpc) is 2.86. The van der Waals surface area contributed by atoms with Crippen molar-refractivity contribution in [1.82, 2.24) is 10.2 Å². The fourth-order valence-corrected chi connectivity index (χ4v) is 5.99. The van der Waals surface area contributed by atoms with E-state index in [-0.39, 0.29) is 17.3 Å². The molecule has 0 aliphatic rings. The molecule has 0 aliphatic carbocycles. The van der Waals surface area contributed by atoms with Gasteiger partial charge in [-0.2, -0.15) is 0 Å². The van der Waals surface area contributed by atoms with Crippen LogP contribution in [0.5, 0.6) is 0 Å². The van der Waals surface area contributed by atoms with Crippen LogP contribution in [0.1, 0.15) is 49.9 Å². The molecular weight excluding hydrogens is 590 g/mol. The van der Waals surface area contributed by atoms with Gasteiger partial charge in [0, 0.05) is 16.6 Å². The number of rotatable bonds is 9. The van der Waals surface area contributed by atoms with E-state index >= 15 is 0 Å². The van der Waals surface area contributed by atoms with Gasteiger partial charge in [0.1, 0.15) is 12.6 Å². The van der Waals surface area contributed by atoms with Crippen molar-refractivity contribution in [2.45, 2.75) is 71.5 Å². The van der Waals surface area contributed by atoms with Crippen LogP contribution >= 0.6 is 15.9 Å². The Morgan fingerprint density at radius 2 is 1.57 bits per heavy atom. The third-order valence-electron chi connectivity index (χ3n) is 6.57. The molecule has 2 amide bonds. The third kappa shape index (κ3) is 7.95. The Morgan fingerprint density at radius 3 is 2.15 bits per heavy atom. The molecule has 1 atom stereocenters. The van der Waals surface area contributed by atoms with Crippen LogP contribution in [0.25, 0.3) is 0 Å². The summed E-state index contributed by atoms with van der Waals surface area (Å²) in [5, 5.41) is 2.94. The maximum atomic E-state index is 14.0. The molecule has 1 N–H and O–H groups in total. The molecule has 0 fully saturated rings. The molecule has 0 bridgehead atoms. The first-order valence-corrected chi connectivity index (χ1v) is 15.3. The zero-order valence-electron chi connectivity index (χ0n) is 24.2. The molecule has 0 radical (unpaired) electrons. The summed E-state index contributed by atoms with van der Waals surface area (Å²) in [6, 6.07) is 18.5. The Hall–Kier alpha value is -3.17. The normalized spacial score (nSPS) is 12.5. The van der Waals surface area contributed by atoms with Crippen molar-refractivity contribution in [1.29, 1.82) is 0 Å². The van der Waals surface area contributed by atoms with E-state index in [1.807, 2.05) is 71.9 Å². The number of carbonyl (C=O) groups excluding carboxylic acids is 2. The lowest BCUT2D eigenvalue weighted by Crippen LogP contribution is -2.54. The van der Waals surface area contributed by atoms with Crippen LogP contribution in [-0.2, 0) is 26.2 Å². The lowest BCUT2D eigenvalue weighted by Gasteiger charge is -2.33. The molecule has 3 rings (SSSR count). The molecular formula is C31H38BrN3O4S. The van der Waals surface area contributed by atoms with E-state index in [0.29, 0.717) is 5.69 Å². The van der Waals surface area contributed by atoms with Crippen molar-refractivity contribution in [2.75, 3.05) is 10.8 Å². The van der Waals surface area contributed by atoms with E-state index in [1.54, 1.807) is 43.3 Å². The van der Waals surface area contributed by atoms with E-state index in [4.69, 9.17) is 0 Å². The van der Waals surface area contributed by atoms with Crippen LogP contribution < -0.4 is 9.62 Å². The van der Waals surface area contributed by atoms with Crippen LogP contribution in [0.2, 0.25) is 0 Å². The highest BCUT2D eigenvalue weighted by Gasteiger charge is 2.33. The molecule has 0 spiro atoms. The molecule has 0 saturated heterocycles. The molecule has 3 aromatic rings.